The van der Waals surface area contributed by atoms with Gasteiger partial charge in [0, 0.05) is 11.8 Å². The minimum Gasteiger partial charge on any atom is -0.341 e. The van der Waals surface area contributed by atoms with Gasteiger partial charge in [-0.3, -0.25) is 0 Å². The van der Waals surface area contributed by atoms with Crippen molar-refractivity contribution in [1.29, 1.82) is 0 Å². The average Bonchev–Trinajstić information content (AvgIpc) is 2.07. The third-order valence-electron chi connectivity index (χ3n) is 3.98. The molecule has 1 saturated heterocycles. The molecule has 2 N–H and O–H groups in total. The first-order chi connectivity index (χ1) is 5.77. The molecule has 0 radical (unpaired) electrons. The van der Waals surface area contributed by atoms with E-state index in [1.54, 1.807) is 0 Å². The Bertz CT molecular complexity index is 155. The summed E-state index contributed by atoms with van der Waals surface area (Å²) >= 11 is 0. The summed E-state index contributed by atoms with van der Waals surface area (Å²) in [5.41, 5.74) is 0. The molecule has 1 heterocycles. The highest BCUT2D eigenvalue weighted by atomic mass is 15.0. The van der Waals surface area contributed by atoms with Crippen molar-refractivity contribution in [3.63, 3.8) is 0 Å². The van der Waals surface area contributed by atoms with Gasteiger partial charge >= 0.3 is 0 Å². The summed E-state index contributed by atoms with van der Waals surface area (Å²) in [5.74, 6) is 2.04. The maximum Gasteiger partial charge on any atom is 0.0915 e. The fourth-order valence-electron chi connectivity index (χ4n) is 3.19. The van der Waals surface area contributed by atoms with Gasteiger partial charge < -0.3 is 5.32 Å². The van der Waals surface area contributed by atoms with Crippen LogP contribution in [0.3, 0.4) is 0 Å². The van der Waals surface area contributed by atoms with E-state index in [1.165, 1.54) is 32.1 Å². The molecular formula is C11H22N+. The summed E-state index contributed by atoms with van der Waals surface area (Å²) in [5, 5.41) is 2.65. The fourth-order valence-corrected chi connectivity index (χ4v) is 3.19. The predicted octanol–water partition coefficient (Wildman–Crippen LogP) is 1.54. The lowest BCUT2D eigenvalue weighted by Crippen LogP contribution is -2.98. The van der Waals surface area contributed by atoms with Crippen LogP contribution in [0.15, 0.2) is 0 Å². The zero-order chi connectivity index (χ0) is 8.55. The van der Waals surface area contributed by atoms with Crippen LogP contribution < -0.4 is 5.32 Å². The zero-order valence-electron chi connectivity index (χ0n) is 8.42. The Kier molecular flexibility index (Phi) is 2.40. The molecule has 2 fully saturated rings. The molecule has 0 spiro atoms. The Labute approximate surface area is 75.9 Å². The molecule has 1 aliphatic carbocycles. The van der Waals surface area contributed by atoms with Gasteiger partial charge in [0.15, 0.2) is 0 Å². The van der Waals surface area contributed by atoms with Gasteiger partial charge in [0.05, 0.1) is 12.1 Å². The minimum atomic E-state index is 0.895. The minimum absolute atomic E-state index is 0.895. The predicted molar refractivity (Wildman–Crippen MR) is 50.9 cm³/mol. The number of nitrogens with two attached hydrogens (primary N) is 1. The maximum atomic E-state index is 2.65. The first-order valence-corrected chi connectivity index (χ1v) is 5.62. The Hall–Kier alpha value is -0.0400. The van der Waals surface area contributed by atoms with Crippen LogP contribution in [0.5, 0.6) is 0 Å². The molecule has 1 saturated carbocycles. The number of fused-ring (bicyclic) bond motifs is 1. The Morgan fingerprint density at radius 3 is 2.67 bits per heavy atom. The maximum absolute atomic E-state index is 2.65. The first kappa shape index (κ1) is 8.55. The molecule has 0 aromatic carbocycles. The highest BCUT2D eigenvalue weighted by molar-refractivity contribution is 4.82. The lowest BCUT2D eigenvalue weighted by Gasteiger charge is -2.40. The summed E-state index contributed by atoms with van der Waals surface area (Å²) in [6.45, 7) is 4.84. The second-order valence-corrected chi connectivity index (χ2v) is 4.99. The summed E-state index contributed by atoms with van der Waals surface area (Å²) in [7, 11) is 0. The van der Waals surface area contributed by atoms with E-state index in [2.05, 4.69) is 19.2 Å². The number of hydrogen-bond donors (Lipinski definition) is 1. The fraction of sp³-hybridized carbons (Fsp3) is 1.00. The van der Waals surface area contributed by atoms with E-state index in [9.17, 15) is 0 Å². The highest BCUT2D eigenvalue weighted by Crippen LogP contribution is 2.32. The van der Waals surface area contributed by atoms with Crippen LogP contribution in [0.2, 0.25) is 0 Å². The molecule has 1 heteroatoms. The van der Waals surface area contributed by atoms with Crippen LogP contribution in [0.4, 0.5) is 0 Å². The lowest BCUT2D eigenvalue weighted by atomic mass is 9.73. The van der Waals surface area contributed by atoms with Crippen molar-refractivity contribution < 1.29 is 5.32 Å². The third-order valence-corrected chi connectivity index (χ3v) is 3.98. The molecule has 12 heavy (non-hydrogen) atoms. The van der Waals surface area contributed by atoms with Crippen molar-refractivity contribution in [2.24, 2.45) is 11.8 Å². The van der Waals surface area contributed by atoms with Gasteiger partial charge in [0.25, 0.3) is 0 Å². The Morgan fingerprint density at radius 1 is 1.00 bits per heavy atom. The summed E-state index contributed by atoms with van der Waals surface area (Å²) in [6, 6.07) is 1.87. The Morgan fingerprint density at radius 2 is 1.83 bits per heavy atom. The molecule has 1 aliphatic heterocycles. The average molecular weight is 168 g/mol. The molecule has 0 aromatic heterocycles. The highest BCUT2D eigenvalue weighted by Gasteiger charge is 2.37. The van der Waals surface area contributed by atoms with Crippen molar-refractivity contribution in [3.05, 3.63) is 0 Å². The quantitative estimate of drug-likeness (QED) is 0.565. The molecule has 2 rings (SSSR count). The normalized spacial score (nSPS) is 48.5. The second kappa shape index (κ2) is 3.37. The first-order valence-electron chi connectivity index (χ1n) is 5.62. The zero-order valence-corrected chi connectivity index (χ0v) is 8.42. The summed E-state index contributed by atoms with van der Waals surface area (Å²) in [4.78, 5) is 0. The van der Waals surface area contributed by atoms with Crippen LogP contribution in [-0.2, 0) is 0 Å². The standard InChI is InChI=1S/C11H21N/c1-8-4-3-5-10-7-6-9(2)12-11(8)10/h8-12H,3-7H2,1-2H3/p+1/t8-,9+,10-,11+/m1/s1. The lowest BCUT2D eigenvalue weighted by molar-refractivity contribution is -0.741. The van der Waals surface area contributed by atoms with Gasteiger partial charge in [0.1, 0.15) is 0 Å². The molecule has 0 unspecified atom stereocenters. The SMILES string of the molecule is C[C@@H]1CCC[C@@H]2CC[C@H](C)[NH2+][C@H]21. The molecule has 0 aromatic rings. The van der Waals surface area contributed by atoms with Crippen LogP contribution >= 0.6 is 0 Å². The van der Waals surface area contributed by atoms with Crippen LogP contribution in [0.1, 0.15) is 46.0 Å². The molecule has 4 atom stereocenters. The second-order valence-electron chi connectivity index (χ2n) is 4.99. The summed E-state index contributed by atoms with van der Waals surface area (Å²) in [6.07, 6.45) is 7.44. The molecule has 70 valence electrons. The molecule has 1 nitrogen and oxygen atoms in total. The van der Waals surface area contributed by atoms with Gasteiger partial charge in [-0.2, -0.15) is 0 Å². The monoisotopic (exact) mass is 168 g/mol. The van der Waals surface area contributed by atoms with Crippen molar-refractivity contribution in [3.8, 4) is 0 Å². The Balaban J connectivity index is 2.00. The van der Waals surface area contributed by atoms with E-state index in [-0.39, 0.29) is 0 Å². The molecular weight excluding hydrogens is 146 g/mol. The van der Waals surface area contributed by atoms with Gasteiger partial charge in [-0.15, -0.1) is 0 Å². The number of quaternary nitrogens is 1. The van der Waals surface area contributed by atoms with Crippen LogP contribution in [0.25, 0.3) is 0 Å². The van der Waals surface area contributed by atoms with E-state index < -0.39 is 0 Å². The smallest absolute Gasteiger partial charge is 0.0915 e. The van der Waals surface area contributed by atoms with E-state index in [0.29, 0.717) is 0 Å². The summed E-state index contributed by atoms with van der Waals surface area (Å²) < 4.78 is 0. The number of hydrogen-bond acceptors (Lipinski definition) is 0. The van der Waals surface area contributed by atoms with Gasteiger partial charge in [-0.1, -0.05) is 13.3 Å². The largest absolute Gasteiger partial charge is 0.341 e. The molecule has 2 aliphatic rings. The van der Waals surface area contributed by atoms with Crippen molar-refractivity contribution >= 4 is 0 Å². The van der Waals surface area contributed by atoms with E-state index in [1.807, 2.05) is 0 Å². The van der Waals surface area contributed by atoms with Crippen LogP contribution in [0, 0.1) is 11.8 Å². The van der Waals surface area contributed by atoms with Crippen molar-refractivity contribution in [1.82, 2.24) is 0 Å². The number of rotatable bonds is 0. The van der Waals surface area contributed by atoms with Crippen molar-refractivity contribution in [2.45, 2.75) is 58.0 Å². The van der Waals surface area contributed by atoms with Gasteiger partial charge in [-0.25, -0.2) is 0 Å². The van der Waals surface area contributed by atoms with Gasteiger partial charge in [-0.05, 0) is 32.6 Å². The number of piperidine rings is 1. The van der Waals surface area contributed by atoms with Gasteiger partial charge in [0.2, 0.25) is 0 Å². The third kappa shape index (κ3) is 1.52. The van der Waals surface area contributed by atoms with Crippen LogP contribution in [-0.4, -0.2) is 12.1 Å². The topological polar surface area (TPSA) is 16.6 Å². The van der Waals surface area contributed by atoms with Crippen molar-refractivity contribution in [2.75, 3.05) is 0 Å². The molecule has 0 bridgehead atoms. The van der Waals surface area contributed by atoms with E-state index in [0.717, 1.165) is 23.9 Å². The van der Waals surface area contributed by atoms with E-state index >= 15 is 0 Å². The van der Waals surface area contributed by atoms with E-state index in [4.69, 9.17) is 0 Å². The molecule has 0 amide bonds.